The summed E-state index contributed by atoms with van der Waals surface area (Å²) in [6.45, 7) is 2.21. The van der Waals surface area contributed by atoms with Crippen LogP contribution in [0.4, 0.5) is 5.95 Å². The third-order valence-electron chi connectivity index (χ3n) is 1.18. The Bertz CT molecular complexity index is 228. The van der Waals surface area contributed by atoms with Gasteiger partial charge >= 0.3 is 75.7 Å². The maximum atomic E-state index is 5.36. The first-order valence-corrected chi connectivity index (χ1v) is 7.51. The third kappa shape index (κ3) is 3.00. The molecule has 0 aromatic carbocycles. The summed E-state index contributed by atoms with van der Waals surface area (Å²) in [5, 5.41) is 7.31. The van der Waals surface area contributed by atoms with Crippen LogP contribution in [-0.2, 0) is 4.44 Å². The quantitative estimate of drug-likeness (QED) is 0.779. The molecule has 1 heterocycles. The zero-order valence-corrected chi connectivity index (χ0v) is 9.26. The van der Waals surface area contributed by atoms with Crippen molar-refractivity contribution >= 4 is 27.1 Å². The fourth-order valence-electron chi connectivity index (χ4n) is 0.691. The number of hydrogen-bond donors (Lipinski definition) is 1. The van der Waals surface area contributed by atoms with Crippen molar-refractivity contribution in [2.75, 3.05) is 5.73 Å². The molecule has 4 nitrogen and oxygen atoms in total. The van der Waals surface area contributed by atoms with E-state index in [-0.39, 0.29) is 27.1 Å². The van der Waals surface area contributed by atoms with E-state index in [0.29, 0.717) is 0 Å². The number of rotatable bonds is 3. The van der Waals surface area contributed by atoms with Crippen LogP contribution in [0.3, 0.4) is 0 Å². The second-order valence-corrected chi connectivity index (χ2v) is 6.54. The van der Waals surface area contributed by atoms with Crippen molar-refractivity contribution in [3.63, 3.8) is 0 Å². The molecule has 0 amide bonds. The summed E-state index contributed by atoms with van der Waals surface area (Å²) in [5.74, 6) is 0.290. The van der Waals surface area contributed by atoms with Crippen molar-refractivity contribution in [1.82, 2.24) is 15.2 Å². The molecule has 2 N–H and O–H groups in total. The van der Waals surface area contributed by atoms with Crippen LogP contribution in [-0.4, -0.2) is 36.3 Å². The van der Waals surface area contributed by atoms with E-state index < -0.39 is 0 Å². The van der Waals surface area contributed by atoms with Gasteiger partial charge in [-0.15, -0.1) is 0 Å². The van der Waals surface area contributed by atoms with Gasteiger partial charge < -0.3 is 0 Å². The molecule has 0 aliphatic carbocycles. The molecule has 0 fully saturated rings. The van der Waals surface area contributed by atoms with Gasteiger partial charge in [0.25, 0.3) is 0 Å². The van der Waals surface area contributed by atoms with Gasteiger partial charge in [0, 0.05) is 0 Å². The molecular weight excluding hydrogens is 247 g/mol. The van der Waals surface area contributed by atoms with E-state index in [1.54, 1.807) is 6.20 Å². The summed E-state index contributed by atoms with van der Waals surface area (Å²) in [6, 6.07) is 0. The Kier molecular flexibility index (Phi) is 3.54. The van der Waals surface area contributed by atoms with Gasteiger partial charge in [0.1, 0.15) is 0 Å². The Labute approximate surface area is 75.8 Å². The molecule has 0 saturated heterocycles. The SMILES string of the molecule is C[CH2][Sn][CH2]c1cnnc(N)n1. The number of nitrogen functional groups attached to an aromatic ring is 1. The zero-order valence-electron chi connectivity index (χ0n) is 6.41. The standard InChI is InChI=1S/C4H5N4.C2H5.Sn/c1-3-2-6-8-4(5)7-3;1-2;/h2H,1H2,(H2,5,7,8);1H2,2H3;. The molecule has 0 bridgehead atoms. The van der Waals surface area contributed by atoms with E-state index in [1.165, 1.54) is 4.44 Å². The van der Waals surface area contributed by atoms with Crippen molar-refractivity contribution in [2.45, 2.75) is 15.8 Å². The van der Waals surface area contributed by atoms with Gasteiger partial charge in [-0.05, 0) is 0 Å². The molecular formula is C6H10N4Sn. The molecule has 2 radical (unpaired) electrons. The number of hydrogen-bond acceptors (Lipinski definition) is 4. The number of anilines is 1. The molecule has 0 unspecified atom stereocenters. The Morgan fingerprint density at radius 1 is 1.64 bits per heavy atom. The third-order valence-corrected chi connectivity index (χ3v) is 4.36. The van der Waals surface area contributed by atoms with Crippen LogP contribution in [0.2, 0.25) is 4.44 Å². The molecule has 0 saturated carbocycles. The second kappa shape index (κ2) is 4.48. The fraction of sp³-hybridized carbons (Fsp3) is 0.500. The van der Waals surface area contributed by atoms with Crippen molar-refractivity contribution in [1.29, 1.82) is 0 Å². The van der Waals surface area contributed by atoms with E-state index in [2.05, 4.69) is 22.1 Å². The summed E-state index contributed by atoms with van der Waals surface area (Å²) in [6.07, 6.45) is 1.70. The molecule has 0 aliphatic rings. The first-order valence-electron chi connectivity index (χ1n) is 3.47. The Morgan fingerprint density at radius 2 is 2.45 bits per heavy atom. The van der Waals surface area contributed by atoms with Crippen LogP contribution < -0.4 is 5.73 Å². The summed E-state index contributed by atoms with van der Waals surface area (Å²) in [4.78, 5) is 4.06. The first-order chi connectivity index (χ1) is 5.33. The minimum atomic E-state index is -0.225. The Morgan fingerprint density at radius 3 is 3.09 bits per heavy atom. The monoisotopic (exact) mass is 258 g/mol. The Balaban J connectivity index is 2.56. The summed E-state index contributed by atoms with van der Waals surface area (Å²) >= 11 is -0.225. The van der Waals surface area contributed by atoms with Crippen LogP contribution in [0.5, 0.6) is 0 Å². The number of aromatic nitrogens is 3. The van der Waals surface area contributed by atoms with Crippen molar-refractivity contribution < 1.29 is 0 Å². The minimum absolute atomic E-state index is 0.225. The second-order valence-electron chi connectivity index (χ2n) is 2.09. The molecule has 5 heteroatoms. The molecule has 0 aliphatic heterocycles. The van der Waals surface area contributed by atoms with Crippen molar-refractivity contribution in [3.8, 4) is 0 Å². The molecule has 58 valence electrons. The van der Waals surface area contributed by atoms with Crippen molar-refractivity contribution in [3.05, 3.63) is 11.9 Å². The fourth-order valence-corrected chi connectivity index (χ4v) is 2.62. The van der Waals surface area contributed by atoms with Gasteiger partial charge in [0.15, 0.2) is 0 Å². The van der Waals surface area contributed by atoms with E-state index in [0.717, 1.165) is 10.1 Å². The van der Waals surface area contributed by atoms with Gasteiger partial charge in [-0.2, -0.15) is 0 Å². The number of nitrogens with zero attached hydrogens (tertiary/aromatic N) is 3. The van der Waals surface area contributed by atoms with Gasteiger partial charge in [-0.3, -0.25) is 0 Å². The van der Waals surface area contributed by atoms with Gasteiger partial charge in [-0.25, -0.2) is 0 Å². The van der Waals surface area contributed by atoms with Crippen LogP contribution in [0.1, 0.15) is 12.6 Å². The normalized spacial score (nSPS) is 9.91. The zero-order chi connectivity index (χ0) is 8.10. The molecule has 11 heavy (non-hydrogen) atoms. The van der Waals surface area contributed by atoms with Crippen molar-refractivity contribution in [2.24, 2.45) is 0 Å². The van der Waals surface area contributed by atoms with Gasteiger partial charge in [0.05, 0.1) is 0 Å². The van der Waals surface area contributed by atoms with E-state index >= 15 is 0 Å². The molecule has 1 rings (SSSR count). The Hall–Kier alpha value is -0.391. The van der Waals surface area contributed by atoms with Gasteiger partial charge in [0.2, 0.25) is 0 Å². The van der Waals surface area contributed by atoms with Crippen LogP contribution in [0.25, 0.3) is 0 Å². The predicted molar refractivity (Wildman–Crippen MR) is 44.2 cm³/mol. The summed E-state index contributed by atoms with van der Waals surface area (Å²) in [7, 11) is 0. The van der Waals surface area contributed by atoms with Crippen LogP contribution >= 0.6 is 0 Å². The topological polar surface area (TPSA) is 64.7 Å². The van der Waals surface area contributed by atoms with E-state index in [4.69, 9.17) is 5.73 Å². The van der Waals surface area contributed by atoms with E-state index in [9.17, 15) is 0 Å². The predicted octanol–water partition coefficient (Wildman–Crippen LogP) is 0.0962. The van der Waals surface area contributed by atoms with Crippen LogP contribution in [0, 0.1) is 0 Å². The molecule has 1 aromatic heterocycles. The summed E-state index contributed by atoms with van der Waals surface area (Å²) in [5.41, 5.74) is 6.37. The number of nitrogens with two attached hydrogens (primary N) is 1. The maximum absolute atomic E-state index is 5.36. The molecule has 0 spiro atoms. The van der Waals surface area contributed by atoms with Gasteiger partial charge in [-0.1, -0.05) is 0 Å². The molecule has 1 aromatic rings. The molecule has 0 atom stereocenters. The average Bonchev–Trinajstić information content (AvgIpc) is 2.01. The average molecular weight is 257 g/mol. The van der Waals surface area contributed by atoms with Crippen LogP contribution in [0.15, 0.2) is 6.20 Å². The summed E-state index contributed by atoms with van der Waals surface area (Å²) < 4.78 is 2.44. The van der Waals surface area contributed by atoms with E-state index in [1.807, 2.05) is 0 Å². The first kappa shape index (κ1) is 8.70.